The average Bonchev–Trinajstić information content (AvgIpc) is 3.56. The van der Waals surface area contributed by atoms with Crippen molar-refractivity contribution in [1.82, 2.24) is 9.55 Å². The van der Waals surface area contributed by atoms with E-state index in [-0.39, 0.29) is 17.7 Å². The van der Waals surface area contributed by atoms with Crippen molar-refractivity contribution in [2.45, 2.75) is 38.8 Å². The highest BCUT2D eigenvalue weighted by molar-refractivity contribution is 5.38. The minimum absolute atomic E-state index is 0.0986. The third kappa shape index (κ3) is 5.06. The van der Waals surface area contributed by atoms with E-state index in [0.29, 0.717) is 38.1 Å². The molecular formula is C23H26N2O4. The highest BCUT2D eigenvalue weighted by Gasteiger charge is 2.18. The Kier molecular flexibility index (Phi) is 5.98. The van der Waals surface area contributed by atoms with Crippen LogP contribution in [0.2, 0.25) is 0 Å². The van der Waals surface area contributed by atoms with Crippen LogP contribution in [-0.2, 0) is 9.47 Å². The molecule has 4 rings (SSSR count). The van der Waals surface area contributed by atoms with E-state index in [1.165, 1.54) is 18.9 Å². The maximum atomic E-state index is 12.6. The summed E-state index contributed by atoms with van der Waals surface area (Å²) in [7, 11) is 0. The second kappa shape index (κ2) is 8.81. The highest BCUT2D eigenvalue weighted by atomic mass is 16.6. The fourth-order valence-electron chi connectivity index (χ4n) is 3.34. The smallest absolute Gasteiger partial charge is 0.254 e. The SMILES string of the molecule is Cc1cc(C#CC2CC2)cnc1C(C)n1ccc(OC[C@@H]2COCCO2)cc1=O. The fourth-order valence-corrected chi connectivity index (χ4v) is 3.34. The van der Waals surface area contributed by atoms with Gasteiger partial charge in [0, 0.05) is 29.9 Å². The highest BCUT2D eigenvalue weighted by Crippen LogP contribution is 2.27. The Morgan fingerprint density at radius 3 is 2.90 bits per heavy atom. The summed E-state index contributed by atoms with van der Waals surface area (Å²) in [6.45, 7) is 6.05. The molecule has 0 N–H and O–H groups in total. The molecule has 1 unspecified atom stereocenters. The maximum absolute atomic E-state index is 12.6. The van der Waals surface area contributed by atoms with Crippen molar-refractivity contribution >= 4 is 0 Å². The molecule has 6 nitrogen and oxygen atoms in total. The van der Waals surface area contributed by atoms with Gasteiger partial charge in [0.2, 0.25) is 0 Å². The van der Waals surface area contributed by atoms with Gasteiger partial charge in [0.25, 0.3) is 5.56 Å². The van der Waals surface area contributed by atoms with E-state index >= 15 is 0 Å². The molecule has 1 aliphatic carbocycles. The van der Waals surface area contributed by atoms with E-state index in [2.05, 4.69) is 16.8 Å². The number of rotatable bonds is 5. The molecule has 1 aliphatic heterocycles. The van der Waals surface area contributed by atoms with Gasteiger partial charge in [-0.25, -0.2) is 0 Å². The van der Waals surface area contributed by atoms with Crippen molar-refractivity contribution in [2.24, 2.45) is 5.92 Å². The summed E-state index contributed by atoms with van der Waals surface area (Å²) in [6, 6.07) is 5.16. The number of hydrogen-bond donors (Lipinski definition) is 0. The average molecular weight is 394 g/mol. The lowest BCUT2D eigenvalue weighted by Crippen LogP contribution is -2.33. The van der Waals surface area contributed by atoms with Crippen LogP contribution >= 0.6 is 0 Å². The molecule has 0 aromatic carbocycles. The molecule has 0 amide bonds. The van der Waals surface area contributed by atoms with Crippen molar-refractivity contribution in [3.63, 3.8) is 0 Å². The zero-order chi connectivity index (χ0) is 20.2. The second-order valence-electron chi connectivity index (χ2n) is 7.63. The van der Waals surface area contributed by atoms with Gasteiger partial charge in [0.05, 0.1) is 31.6 Å². The van der Waals surface area contributed by atoms with Gasteiger partial charge >= 0.3 is 0 Å². The first-order chi connectivity index (χ1) is 14.1. The zero-order valence-electron chi connectivity index (χ0n) is 16.9. The number of hydrogen-bond acceptors (Lipinski definition) is 5. The summed E-state index contributed by atoms with van der Waals surface area (Å²) < 4.78 is 18.3. The summed E-state index contributed by atoms with van der Waals surface area (Å²) in [4.78, 5) is 17.2. The summed E-state index contributed by atoms with van der Waals surface area (Å²) in [5.74, 6) is 7.54. The second-order valence-corrected chi connectivity index (χ2v) is 7.63. The lowest BCUT2D eigenvalue weighted by molar-refractivity contribution is -0.101. The van der Waals surface area contributed by atoms with E-state index in [0.717, 1.165) is 16.8 Å². The van der Waals surface area contributed by atoms with Crippen LogP contribution in [0.1, 0.15) is 42.6 Å². The molecule has 2 aromatic rings. The lowest BCUT2D eigenvalue weighted by atomic mass is 10.1. The molecule has 152 valence electrons. The van der Waals surface area contributed by atoms with E-state index in [1.54, 1.807) is 23.0 Å². The molecule has 0 bridgehead atoms. The van der Waals surface area contributed by atoms with Crippen LogP contribution in [0.15, 0.2) is 35.4 Å². The molecular weight excluding hydrogens is 368 g/mol. The predicted octanol–water partition coefficient (Wildman–Crippen LogP) is 2.72. The van der Waals surface area contributed by atoms with Gasteiger partial charge in [-0.05, 0) is 44.4 Å². The van der Waals surface area contributed by atoms with Gasteiger partial charge in [0.1, 0.15) is 18.5 Å². The Morgan fingerprint density at radius 1 is 1.34 bits per heavy atom. The summed E-state index contributed by atoms with van der Waals surface area (Å²) >= 11 is 0. The van der Waals surface area contributed by atoms with Gasteiger partial charge in [-0.1, -0.05) is 11.8 Å². The molecule has 1 saturated carbocycles. The Balaban J connectivity index is 1.44. The Morgan fingerprint density at radius 2 is 2.21 bits per heavy atom. The minimum atomic E-state index is -0.183. The molecule has 2 aromatic heterocycles. The molecule has 29 heavy (non-hydrogen) atoms. The third-order valence-electron chi connectivity index (χ3n) is 5.17. The molecule has 2 aliphatic rings. The van der Waals surface area contributed by atoms with Crippen molar-refractivity contribution < 1.29 is 14.2 Å². The van der Waals surface area contributed by atoms with E-state index in [4.69, 9.17) is 14.2 Å². The molecule has 6 heteroatoms. The summed E-state index contributed by atoms with van der Waals surface area (Å²) in [5, 5.41) is 0. The van der Waals surface area contributed by atoms with Crippen molar-refractivity contribution in [3.8, 4) is 17.6 Å². The van der Waals surface area contributed by atoms with Crippen LogP contribution in [0.25, 0.3) is 0 Å². The van der Waals surface area contributed by atoms with Crippen LogP contribution in [-0.4, -0.2) is 42.1 Å². The Hall–Kier alpha value is -2.62. The number of nitrogens with zero attached hydrogens (tertiary/aromatic N) is 2. The largest absolute Gasteiger partial charge is 0.491 e. The Labute approximate surface area is 170 Å². The van der Waals surface area contributed by atoms with Crippen molar-refractivity contribution in [2.75, 3.05) is 26.4 Å². The van der Waals surface area contributed by atoms with Gasteiger partial charge in [-0.15, -0.1) is 0 Å². The number of aromatic nitrogens is 2. The molecule has 1 saturated heterocycles. The van der Waals surface area contributed by atoms with Gasteiger partial charge in [-0.2, -0.15) is 0 Å². The normalized spacial score (nSPS) is 19.9. The predicted molar refractivity (Wildman–Crippen MR) is 109 cm³/mol. The quantitative estimate of drug-likeness (QED) is 0.730. The molecule has 2 fully saturated rings. The van der Waals surface area contributed by atoms with Crippen LogP contribution in [0, 0.1) is 24.7 Å². The number of aryl methyl sites for hydroxylation is 1. The van der Waals surface area contributed by atoms with Crippen LogP contribution in [0.4, 0.5) is 0 Å². The first-order valence-corrected chi connectivity index (χ1v) is 10.1. The number of ether oxygens (including phenoxy) is 3. The van der Waals surface area contributed by atoms with Gasteiger partial charge in [-0.3, -0.25) is 9.78 Å². The topological polar surface area (TPSA) is 62.6 Å². The van der Waals surface area contributed by atoms with Crippen LogP contribution in [0.5, 0.6) is 5.75 Å². The first-order valence-electron chi connectivity index (χ1n) is 10.1. The summed E-state index contributed by atoms with van der Waals surface area (Å²) in [6.07, 6.45) is 5.86. The van der Waals surface area contributed by atoms with Gasteiger partial charge < -0.3 is 18.8 Å². The summed E-state index contributed by atoms with van der Waals surface area (Å²) in [5.41, 5.74) is 2.69. The van der Waals surface area contributed by atoms with Gasteiger partial charge in [0.15, 0.2) is 0 Å². The molecule has 2 atom stereocenters. The van der Waals surface area contributed by atoms with Crippen molar-refractivity contribution in [1.29, 1.82) is 0 Å². The zero-order valence-corrected chi connectivity index (χ0v) is 16.9. The standard InChI is InChI=1S/C23H26N2O4/c1-16-11-19(6-5-18-3-4-18)13-24-23(16)17(2)25-8-7-20(12-22(25)26)29-15-21-14-27-9-10-28-21/h7-8,11-13,17-18,21H,3-4,9-10,14-15H2,1-2H3/t17?,21-/m0/s1. The monoisotopic (exact) mass is 394 g/mol. The Bertz CT molecular complexity index is 978. The lowest BCUT2D eigenvalue weighted by Gasteiger charge is -2.23. The van der Waals surface area contributed by atoms with Crippen LogP contribution < -0.4 is 10.3 Å². The molecule has 3 heterocycles. The fraction of sp³-hybridized carbons (Fsp3) is 0.478. The number of pyridine rings is 2. The van der Waals surface area contributed by atoms with E-state index < -0.39 is 0 Å². The maximum Gasteiger partial charge on any atom is 0.254 e. The third-order valence-corrected chi connectivity index (χ3v) is 5.17. The van der Waals surface area contributed by atoms with Crippen molar-refractivity contribution in [3.05, 3.63) is 57.8 Å². The van der Waals surface area contributed by atoms with E-state index in [9.17, 15) is 4.79 Å². The van der Waals surface area contributed by atoms with Crippen LogP contribution in [0.3, 0.4) is 0 Å². The minimum Gasteiger partial charge on any atom is -0.491 e. The molecule has 0 radical (unpaired) electrons. The molecule has 0 spiro atoms. The van der Waals surface area contributed by atoms with E-state index in [1.807, 2.05) is 19.9 Å². The first kappa shape index (κ1) is 19.7.